The molecule has 0 N–H and O–H groups in total. The monoisotopic (exact) mass is 336 g/mol. The molecule has 0 bridgehead atoms. The van der Waals surface area contributed by atoms with Crippen molar-refractivity contribution in [2.45, 2.75) is 27.3 Å². The number of amides is 1. The highest BCUT2D eigenvalue weighted by Crippen LogP contribution is 2.21. The van der Waals surface area contributed by atoms with Crippen molar-refractivity contribution in [1.29, 1.82) is 0 Å². The Morgan fingerprint density at radius 1 is 1.35 bits per heavy atom. The molecule has 0 saturated carbocycles. The second-order valence-electron chi connectivity index (χ2n) is 4.95. The molecule has 0 spiro atoms. The average Bonchev–Trinajstić information content (AvgIpc) is 2.72. The van der Waals surface area contributed by atoms with Crippen LogP contribution in [-0.2, 0) is 6.54 Å². The van der Waals surface area contributed by atoms with Crippen molar-refractivity contribution in [2.75, 3.05) is 7.05 Å². The molecule has 0 atom stereocenters. The molecule has 0 fully saturated rings. The number of carbonyl (C=O) groups is 1. The number of aryl methyl sites for hydroxylation is 3. The lowest BCUT2D eigenvalue weighted by molar-refractivity contribution is 0.0783. The number of nitrogens with zero attached hydrogens (tertiary/aromatic N) is 2. The van der Waals surface area contributed by atoms with Gasteiger partial charge in [0, 0.05) is 17.1 Å². The first kappa shape index (κ1) is 14.8. The molecule has 0 aliphatic rings. The van der Waals surface area contributed by atoms with Crippen LogP contribution >= 0.6 is 15.9 Å². The van der Waals surface area contributed by atoms with Crippen LogP contribution < -0.4 is 0 Å². The fourth-order valence-corrected chi connectivity index (χ4v) is 2.46. The molecule has 5 heteroatoms. The summed E-state index contributed by atoms with van der Waals surface area (Å²) in [4.78, 5) is 14.2. The Hall–Kier alpha value is -1.62. The fourth-order valence-electron chi connectivity index (χ4n) is 2.05. The minimum atomic E-state index is -0.0272. The van der Waals surface area contributed by atoms with E-state index in [9.17, 15) is 4.79 Å². The van der Waals surface area contributed by atoms with E-state index in [0.717, 1.165) is 27.1 Å². The van der Waals surface area contributed by atoms with Gasteiger partial charge in [-0.05, 0) is 48.8 Å². The third-order valence-corrected chi connectivity index (χ3v) is 3.97. The molecular weight excluding hydrogens is 320 g/mol. The van der Waals surface area contributed by atoms with Gasteiger partial charge in [-0.25, -0.2) is 0 Å². The first-order valence-electron chi connectivity index (χ1n) is 6.33. The average molecular weight is 337 g/mol. The lowest BCUT2D eigenvalue weighted by Gasteiger charge is -2.18. The molecule has 4 nitrogen and oxygen atoms in total. The minimum absolute atomic E-state index is 0.0272. The van der Waals surface area contributed by atoms with Crippen molar-refractivity contribution in [1.82, 2.24) is 10.1 Å². The second-order valence-corrected chi connectivity index (χ2v) is 5.80. The minimum Gasteiger partial charge on any atom is -0.361 e. The summed E-state index contributed by atoms with van der Waals surface area (Å²) in [7, 11) is 1.78. The van der Waals surface area contributed by atoms with Gasteiger partial charge in [0.1, 0.15) is 5.76 Å². The molecule has 1 heterocycles. The Bertz CT molecular complexity index is 630. The van der Waals surface area contributed by atoms with E-state index in [2.05, 4.69) is 21.1 Å². The van der Waals surface area contributed by atoms with Gasteiger partial charge < -0.3 is 9.42 Å². The van der Waals surface area contributed by atoms with Crippen LogP contribution in [0.5, 0.6) is 0 Å². The molecule has 0 unspecified atom stereocenters. The van der Waals surface area contributed by atoms with Gasteiger partial charge >= 0.3 is 0 Å². The van der Waals surface area contributed by atoms with Gasteiger partial charge in [0.15, 0.2) is 0 Å². The zero-order chi connectivity index (χ0) is 14.9. The summed E-state index contributed by atoms with van der Waals surface area (Å²) in [6.45, 7) is 6.20. The van der Waals surface area contributed by atoms with Gasteiger partial charge in [0.2, 0.25) is 0 Å². The summed E-state index contributed by atoms with van der Waals surface area (Å²) in [5.74, 6) is 0.728. The van der Waals surface area contributed by atoms with Crippen LogP contribution in [0, 0.1) is 20.8 Å². The van der Waals surface area contributed by atoms with Gasteiger partial charge in [-0.1, -0.05) is 16.8 Å². The van der Waals surface area contributed by atoms with Crippen LogP contribution in [0.25, 0.3) is 0 Å². The summed E-state index contributed by atoms with van der Waals surface area (Å²) < 4.78 is 5.93. The molecule has 0 radical (unpaired) electrons. The van der Waals surface area contributed by atoms with E-state index in [0.29, 0.717) is 12.1 Å². The zero-order valence-electron chi connectivity index (χ0n) is 12.0. The van der Waals surface area contributed by atoms with Gasteiger partial charge in [-0.15, -0.1) is 0 Å². The van der Waals surface area contributed by atoms with E-state index in [1.54, 1.807) is 11.9 Å². The maximum absolute atomic E-state index is 12.5. The standard InChI is InChI=1S/C15H17BrN2O2/c1-9-5-6-14(16)12(7-9)15(19)18(4)8-13-10(2)17-20-11(13)3/h5-7H,8H2,1-4H3. The van der Waals surface area contributed by atoms with Crippen LogP contribution in [-0.4, -0.2) is 23.0 Å². The van der Waals surface area contributed by atoms with Crippen LogP contribution in [0.1, 0.15) is 32.9 Å². The number of rotatable bonds is 3. The number of halogens is 1. The van der Waals surface area contributed by atoms with Crippen molar-refractivity contribution >= 4 is 21.8 Å². The van der Waals surface area contributed by atoms with Gasteiger partial charge in [0.25, 0.3) is 5.91 Å². The molecular formula is C15H17BrN2O2. The smallest absolute Gasteiger partial charge is 0.255 e. The summed E-state index contributed by atoms with van der Waals surface area (Å²) >= 11 is 3.43. The molecule has 2 rings (SSSR count). The quantitative estimate of drug-likeness (QED) is 0.859. The van der Waals surface area contributed by atoms with E-state index in [4.69, 9.17) is 4.52 Å². The lowest BCUT2D eigenvalue weighted by atomic mass is 10.1. The number of hydrogen-bond donors (Lipinski definition) is 0. The second kappa shape index (κ2) is 5.79. The van der Waals surface area contributed by atoms with E-state index >= 15 is 0 Å². The Morgan fingerprint density at radius 2 is 2.05 bits per heavy atom. The van der Waals surface area contributed by atoms with Crippen molar-refractivity contribution in [3.8, 4) is 0 Å². The predicted octanol–water partition coefficient (Wildman–Crippen LogP) is 3.63. The molecule has 0 aliphatic carbocycles. The molecule has 1 amide bonds. The van der Waals surface area contributed by atoms with Crippen LogP contribution in [0.3, 0.4) is 0 Å². The van der Waals surface area contributed by atoms with Crippen molar-refractivity contribution in [3.05, 3.63) is 50.8 Å². The van der Waals surface area contributed by atoms with Gasteiger partial charge in [-0.2, -0.15) is 0 Å². The van der Waals surface area contributed by atoms with E-state index in [1.807, 2.05) is 39.0 Å². The highest BCUT2D eigenvalue weighted by molar-refractivity contribution is 9.10. The summed E-state index contributed by atoms with van der Waals surface area (Å²) in [6.07, 6.45) is 0. The Morgan fingerprint density at radius 3 is 2.65 bits per heavy atom. The van der Waals surface area contributed by atoms with Gasteiger partial charge in [0.05, 0.1) is 17.8 Å². The third kappa shape index (κ3) is 2.93. The number of benzene rings is 1. The lowest BCUT2D eigenvalue weighted by Crippen LogP contribution is -2.27. The van der Waals surface area contributed by atoms with E-state index < -0.39 is 0 Å². The Labute approximate surface area is 126 Å². The molecule has 0 saturated heterocycles. The molecule has 0 aliphatic heterocycles. The summed E-state index contributed by atoms with van der Waals surface area (Å²) in [5, 5.41) is 3.91. The summed E-state index contributed by atoms with van der Waals surface area (Å²) in [6, 6.07) is 5.75. The highest BCUT2D eigenvalue weighted by atomic mass is 79.9. The maximum atomic E-state index is 12.5. The van der Waals surface area contributed by atoms with E-state index in [-0.39, 0.29) is 5.91 Å². The topological polar surface area (TPSA) is 46.3 Å². The highest BCUT2D eigenvalue weighted by Gasteiger charge is 2.18. The first-order chi connectivity index (χ1) is 9.40. The molecule has 2 aromatic rings. The first-order valence-corrected chi connectivity index (χ1v) is 7.13. The van der Waals surface area contributed by atoms with Crippen LogP contribution in [0.2, 0.25) is 0 Å². The number of hydrogen-bond acceptors (Lipinski definition) is 3. The largest absolute Gasteiger partial charge is 0.361 e. The molecule has 20 heavy (non-hydrogen) atoms. The molecule has 1 aromatic carbocycles. The Kier molecular flexibility index (Phi) is 4.28. The maximum Gasteiger partial charge on any atom is 0.255 e. The van der Waals surface area contributed by atoms with Crippen molar-refractivity contribution in [2.24, 2.45) is 0 Å². The Balaban J connectivity index is 2.23. The number of aromatic nitrogens is 1. The third-order valence-electron chi connectivity index (χ3n) is 3.28. The number of carbonyl (C=O) groups excluding carboxylic acids is 1. The predicted molar refractivity (Wildman–Crippen MR) is 80.7 cm³/mol. The van der Waals surface area contributed by atoms with Gasteiger partial charge in [-0.3, -0.25) is 4.79 Å². The summed E-state index contributed by atoms with van der Waals surface area (Å²) in [5.41, 5.74) is 3.51. The van der Waals surface area contributed by atoms with Crippen LogP contribution in [0.15, 0.2) is 27.2 Å². The van der Waals surface area contributed by atoms with Crippen molar-refractivity contribution in [3.63, 3.8) is 0 Å². The van der Waals surface area contributed by atoms with Crippen LogP contribution in [0.4, 0.5) is 0 Å². The molecule has 106 valence electrons. The van der Waals surface area contributed by atoms with E-state index in [1.165, 1.54) is 0 Å². The zero-order valence-corrected chi connectivity index (χ0v) is 13.6. The molecule has 1 aromatic heterocycles. The fraction of sp³-hybridized carbons (Fsp3) is 0.333. The van der Waals surface area contributed by atoms with Crippen molar-refractivity contribution < 1.29 is 9.32 Å². The normalized spacial score (nSPS) is 10.7. The SMILES string of the molecule is Cc1ccc(Br)c(C(=O)N(C)Cc2c(C)noc2C)c1.